The molecular weight excluding hydrogens is 462 g/mol. The van der Waals surface area contributed by atoms with Gasteiger partial charge >= 0.3 is 0 Å². The molecule has 2 heterocycles. The number of amidine groups is 1. The molecule has 6 nitrogen and oxygen atoms in total. The summed E-state index contributed by atoms with van der Waals surface area (Å²) in [5.41, 5.74) is 9.84. The van der Waals surface area contributed by atoms with E-state index in [0.29, 0.717) is 5.92 Å². The standard InChI is InChI=1S/C26H26N4OS.H3NS/c27-25(28)20-8-4-5-17(11-20)12-22(19-6-2-1-3-7-19)26-30-23-10-9-21(13-24(23)32-26)31-16-18-14-29-15-18;1-2/h1-11,13,18,22,29H,12,14-16H2,(H3,27,28);2H,1H2. The molecule has 176 valence electrons. The Hall–Kier alpha value is -2.91. The molecule has 0 saturated carbocycles. The van der Waals surface area contributed by atoms with Gasteiger partial charge in [-0.15, -0.1) is 24.2 Å². The lowest BCUT2D eigenvalue weighted by Crippen LogP contribution is -2.45. The zero-order valence-electron chi connectivity index (χ0n) is 18.8. The van der Waals surface area contributed by atoms with Crippen molar-refractivity contribution in [2.24, 2.45) is 16.8 Å². The number of hydrogen-bond acceptors (Lipinski definition) is 7. The number of nitrogens with two attached hydrogens (primary N) is 2. The zero-order valence-corrected chi connectivity index (χ0v) is 20.5. The van der Waals surface area contributed by atoms with Crippen molar-refractivity contribution >= 4 is 40.2 Å². The number of nitrogen functional groups attached to an aromatic ring is 1. The van der Waals surface area contributed by atoms with Crippen LogP contribution in [0.2, 0.25) is 0 Å². The Morgan fingerprint density at radius 1 is 1.09 bits per heavy atom. The molecule has 1 unspecified atom stereocenters. The first kappa shape index (κ1) is 24.2. The summed E-state index contributed by atoms with van der Waals surface area (Å²) < 4.78 is 7.15. The van der Waals surface area contributed by atoms with Crippen molar-refractivity contribution in [1.29, 1.82) is 5.41 Å². The fourth-order valence-electron chi connectivity index (χ4n) is 3.98. The Morgan fingerprint density at radius 2 is 1.88 bits per heavy atom. The minimum absolute atomic E-state index is 0.0910. The SMILES string of the molecule is N=C(N)c1cccc(CC(c2ccccc2)c2nc3ccc(OCC4CNC4)cc3s2)c1.NS. The van der Waals surface area contributed by atoms with E-state index < -0.39 is 0 Å². The highest BCUT2D eigenvalue weighted by Crippen LogP contribution is 2.35. The predicted octanol–water partition coefficient (Wildman–Crippen LogP) is 4.34. The van der Waals surface area contributed by atoms with Crippen LogP contribution < -0.4 is 20.9 Å². The van der Waals surface area contributed by atoms with Crippen molar-refractivity contribution in [3.05, 3.63) is 94.5 Å². The molecule has 0 amide bonds. The highest BCUT2D eigenvalue weighted by atomic mass is 32.1. The number of nitrogens with zero attached hydrogens (tertiary/aromatic N) is 1. The molecule has 1 aliphatic heterocycles. The van der Waals surface area contributed by atoms with Crippen molar-refractivity contribution < 1.29 is 4.74 Å². The summed E-state index contributed by atoms with van der Waals surface area (Å²) >= 11 is 4.76. The Balaban J connectivity index is 0.00000133. The number of fused-ring (bicyclic) bond motifs is 1. The maximum absolute atomic E-state index is 7.76. The quantitative estimate of drug-likeness (QED) is 0.143. The molecule has 0 radical (unpaired) electrons. The van der Waals surface area contributed by atoms with Gasteiger partial charge in [-0.1, -0.05) is 48.5 Å². The molecule has 3 aromatic carbocycles. The van der Waals surface area contributed by atoms with Gasteiger partial charge in [-0.05, 0) is 41.8 Å². The van der Waals surface area contributed by atoms with Crippen molar-refractivity contribution in [2.75, 3.05) is 19.7 Å². The average molecular weight is 492 g/mol. The summed E-state index contributed by atoms with van der Waals surface area (Å²) in [6, 6.07) is 24.6. The van der Waals surface area contributed by atoms with Crippen LogP contribution in [0.4, 0.5) is 0 Å². The molecule has 5 rings (SSSR count). The van der Waals surface area contributed by atoms with Crippen molar-refractivity contribution in [2.45, 2.75) is 12.3 Å². The van der Waals surface area contributed by atoms with E-state index in [1.807, 2.05) is 30.3 Å². The molecule has 4 aromatic rings. The fraction of sp³-hybridized carbons (Fsp3) is 0.231. The number of nitrogens with one attached hydrogen (secondary N) is 2. The highest BCUT2D eigenvalue weighted by molar-refractivity contribution is 7.77. The summed E-state index contributed by atoms with van der Waals surface area (Å²) in [6.07, 6.45) is 0.795. The van der Waals surface area contributed by atoms with Crippen molar-refractivity contribution in [1.82, 2.24) is 10.3 Å². The molecule has 1 aromatic heterocycles. The van der Waals surface area contributed by atoms with Crippen LogP contribution in [0.1, 0.15) is 27.6 Å². The van der Waals surface area contributed by atoms with Gasteiger partial charge < -0.3 is 15.8 Å². The molecule has 0 spiro atoms. The second kappa shape index (κ2) is 11.5. The molecular formula is C26H29N5OS2. The molecule has 8 heteroatoms. The molecule has 0 bridgehead atoms. The molecule has 1 fully saturated rings. The molecule has 1 aliphatic rings. The second-order valence-corrected chi connectivity index (χ2v) is 9.36. The second-order valence-electron chi connectivity index (χ2n) is 8.30. The first-order chi connectivity index (χ1) is 16.7. The minimum Gasteiger partial charge on any atom is -0.493 e. The van der Waals surface area contributed by atoms with Gasteiger partial charge in [0.1, 0.15) is 16.6 Å². The van der Waals surface area contributed by atoms with Gasteiger partial charge in [-0.25, -0.2) is 4.98 Å². The monoisotopic (exact) mass is 491 g/mol. The molecule has 6 N–H and O–H groups in total. The lowest BCUT2D eigenvalue weighted by Gasteiger charge is -2.26. The van der Waals surface area contributed by atoms with Gasteiger partial charge in [0.25, 0.3) is 0 Å². The fourth-order valence-corrected chi connectivity index (χ4v) is 5.10. The molecule has 1 saturated heterocycles. The maximum Gasteiger partial charge on any atom is 0.122 e. The number of hydrogen-bond donors (Lipinski definition) is 5. The van der Waals surface area contributed by atoms with E-state index in [0.717, 1.165) is 58.2 Å². The molecule has 34 heavy (non-hydrogen) atoms. The number of thiol groups is 1. The van der Waals surface area contributed by atoms with E-state index >= 15 is 0 Å². The van der Waals surface area contributed by atoms with Crippen LogP contribution in [0, 0.1) is 11.3 Å². The number of thiazole rings is 1. The normalized spacial score (nSPS) is 14.1. The van der Waals surface area contributed by atoms with Gasteiger partial charge in [0.05, 0.1) is 16.8 Å². The third kappa shape index (κ3) is 5.77. The Bertz CT molecular complexity index is 1240. The van der Waals surface area contributed by atoms with E-state index in [4.69, 9.17) is 20.9 Å². The average Bonchev–Trinajstić information content (AvgIpc) is 3.27. The first-order valence-electron chi connectivity index (χ1n) is 11.1. The topological polar surface area (TPSA) is 110 Å². The van der Waals surface area contributed by atoms with Gasteiger partial charge in [0.15, 0.2) is 0 Å². The number of aromatic nitrogens is 1. The third-order valence-electron chi connectivity index (χ3n) is 5.91. The summed E-state index contributed by atoms with van der Waals surface area (Å²) in [5.74, 6) is 1.73. The van der Waals surface area contributed by atoms with Crippen LogP contribution in [0.3, 0.4) is 0 Å². The van der Waals surface area contributed by atoms with Crippen LogP contribution in [-0.4, -0.2) is 30.5 Å². The largest absolute Gasteiger partial charge is 0.493 e. The smallest absolute Gasteiger partial charge is 0.122 e. The minimum atomic E-state index is 0.0910. The van der Waals surface area contributed by atoms with Crippen LogP contribution in [0.5, 0.6) is 5.75 Å². The van der Waals surface area contributed by atoms with Crippen LogP contribution in [0.15, 0.2) is 72.8 Å². The predicted molar refractivity (Wildman–Crippen MR) is 144 cm³/mol. The van der Waals surface area contributed by atoms with Crippen molar-refractivity contribution in [3.8, 4) is 5.75 Å². The van der Waals surface area contributed by atoms with E-state index in [1.54, 1.807) is 11.3 Å². The maximum atomic E-state index is 7.76. The first-order valence-corrected chi connectivity index (χ1v) is 12.5. The summed E-state index contributed by atoms with van der Waals surface area (Å²) in [4.78, 5) is 4.99. The van der Waals surface area contributed by atoms with E-state index in [2.05, 4.69) is 65.7 Å². The van der Waals surface area contributed by atoms with Crippen LogP contribution in [-0.2, 0) is 6.42 Å². The summed E-state index contributed by atoms with van der Waals surface area (Å²) in [6.45, 7) is 2.83. The number of ether oxygens (including phenoxy) is 1. The van der Waals surface area contributed by atoms with Crippen molar-refractivity contribution in [3.63, 3.8) is 0 Å². The highest BCUT2D eigenvalue weighted by Gasteiger charge is 2.21. The zero-order chi connectivity index (χ0) is 23.9. The Morgan fingerprint density at radius 3 is 2.59 bits per heavy atom. The van der Waals surface area contributed by atoms with Gasteiger partial charge in [0, 0.05) is 30.5 Å². The summed E-state index contributed by atoms with van der Waals surface area (Å²) in [7, 11) is 0. The van der Waals surface area contributed by atoms with E-state index in [-0.39, 0.29) is 11.8 Å². The van der Waals surface area contributed by atoms with Gasteiger partial charge in [-0.3, -0.25) is 10.5 Å². The number of rotatable bonds is 8. The molecule has 0 aliphatic carbocycles. The Kier molecular flexibility index (Phi) is 8.18. The lowest BCUT2D eigenvalue weighted by molar-refractivity contribution is 0.199. The third-order valence-corrected chi connectivity index (χ3v) is 7.04. The summed E-state index contributed by atoms with van der Waals surface area (Å²) in [5, 5.41) is 16.3. The van der Waals surface area contributed by atoms with E-state index in [9.17, 15) is 0 Å². The van der Waals surface area contributed by atoms with E-state index in [1.165, 1.54) is 5.56 Å². The lowest BCUT2D eigenvalue weighted by atomic mass is 9.92. The van der Waals surface area contributed by atoms with Crippen LogP contribution in [0.25, 0.3) is 10.2 Å². The molecule has 1 atom stereocenters. The van der Waals surface area contributed by atoms with Crippen LogP contribution >= 0.6 is 24.2 Å². The number of benzene rings is 3. The van der Waals surface area contributed by atoms with Gasteiger partial charge in [-0.2, -0.15) is 0 Å². The van der Waals surface area contributed by atoms with Gasteiger partial charge in [0.2, 0.25) is 0 Å². The Labute approximate surface area is 209 Å².